The Morgan fingerprint density at radius 1 is 0.944 bits per heavy atom. The third-order valence-electron chi connectivity index (χ3n) is 2.45. The molecule has 0 saturated carbocycles. The van der Waals surface area contributed by atoms with Crippen LogP contribution in [0.5, 0.6) is 0 Å². The molecule has 0 aromatic heterocycles. The fourth-order valence-electron chi connectivity index (χ4n) is 1.48. The Labute approximate surface area is 108 Å². The van der Waals surface area contributed by atoms with E-state index < -0.39 is 0 Å². The van der Waals surface area contributed by atoms with E-state index in [2.05, 4.69) is 22.7 Å². The average Bonchev–Trinajstić information content (AvgIpc) is 2.45. The van der Waals surface area contributed by atoms with E-state index in [0.717, 1.165) is 11.4 Å². The minimum Gasteiger partial charge on any atom is -0.278 e. The molecule has 2 aromatic rings. The van der Waals surface area contributed by atoms with Gasteiger partial charge in [0.1, 0.15) is 0 Å². The lowest BCUT2D eigenvalue weighted by atomic mass is 10.2. The van der Waals surface area contributed by atoms with Crippen molar-refractivity contribution in [1.82, 2.24) is 0 Å². The molecule has 2 aromatic carbocycles. The van der Waals surface area contributed by atoms with Gasteiger partial charge in [-0.05, 0) is 30.7 Å². The van der Waals surface area contributed by atoms with Gasteiger partial charge in [-0.15, -0.1) is 0 Å². The molecular weight excluding hydrogens is 220 g/mol. The van der Waals surface area contributed by atoms with E-state index in [1.807, 2.05) is 67.6 Å². The molecule has 2 rings (SSSR count). The van der Waals surface area contributed by atoms with Crippen LogP contribution in [0.2, 0.25) is 0 Å². The first-order chi connectivity index (χ1) is 8.84. The molecule has 0 aliphatic carbocycles. The van der Waals surface area contributed by atoms with Crippen molar-refractivity contribution in [1.29, 1.82) is 0 Å². The van der Waals surface area contributed by atoms with Crippen molar-refractivity contribution in [2.75, 3.05) is 5.43 Å². The summed E-state index contributed by atoms with van der Waals surface area (Å²) in [7, 11) is 0. The van der Waals surface area contributed by atoms with Gasteiger partial charge in [0, 0.05) is 0 Å². The molecule has 1 N–H and O–H groups in total. The van der Waals surface area contributed by atoms with E-state index in [4.69, 9.17) is 0 Å². The predicted molar refractivity (Wildman–Crippen MR) is 78.6 cm³/mol. The molecule has 0 atom stereocenters. The third kappa shape index (κ3) is 3.91. The highest BCUT2D eigenvalue weighted by Crippen LogP contribution is 2.05. The Morgan fingerprint density at radius 2 is 1.56 bits per heavy atom. The molecular formula is C16H16N2. The summed E-state index contributed by atoms with van der Waals surface area (Å²) >= 11 is 0. The van der Waals surface area contributed by atoms with Gasteiger partial charge in [0.05, 0.1) is 11.4 Å². The van der Waals surface area contributed by atoms with Crippen LogP contribution >= 0.6 is 0 Å². The van der Waals surface area contributed by atoms with Crippen molar-refractivity contribution in [2.24, 2.45) is 5.10 Å². The number of hydrogen-bond donors (Lipinski definition) is 1. The highest BCUT2D eigenvalue weighted by molar-refractivity contribution is 5.96. The van der Waals surface area contributed by atoms with Crippen molar-refractivity contribution in [2.45, 2.75) is 6.92 Å². The van der Waals surface area contributed by atoms with E-state index in [1.54, 1.807) is 0 Å². The van der Waals surface area contributed by atoms with Crippen molar-refractivity contribution < 1.29 is 0 Å². The van der Waals surface area contributed by atoms with Crippen molar-refractivity contribution in [3.05, 3.63) is 72.3 Å². The maximum atomic E-state index is 4.29. The number of nitrogens with zero attached hydrogens (tertiary/aromatic N) is 1. The first kappa shape index (κ1) is 12.1. The molecule has 0 spiro atoms. The summed E-state index contributed by atoms with van der Waals surface area (Å²) in [4.78, 5) is 0. The van der Waals surface area contributed by atoms with E-state index in [0.29, 0.717) is 0 Å². The number of allylic oxidation sites excluding steroid dienone is 1. The molecule has 0 amide bonds. The zero-order valence-electron chi connectivity index (χ0n) is 10.4. The van der Waals surface area contributed by atoms with Crippen LogP contribution in [-0.2, 0) is 0 Å². The number of anilines is 1. The third-order valence-corrected chi connectivity index (χ3v) is 2.45. The second-order valence-corrected chi connectivity index (χ2v) is 3.98. The van der Waals surface area contributed by atoms with Gasteiger partial charge < -0.3 is 0 Å². The Bertz CT molecular complexity index is 528. The summed E-state index contributed by atoms with van der Waals surface area (Å²) in [6.45, 7) is 1.97. The number of hydrazone groups is 1. The van der Waals surface area contributed by atoms with E-state index >= 15 is 0 Å². The average molecular weight is 236 g/mol. The summed E-state index contributed by atoms with van der Waals surface area (Å²) in [5.74, 6) is 0. The minimum absolute atomic E-state index is 0.933. The zero-order valence-corrected chi connectivity index (χ0v) is 10.4. The SMILES string of the molecule is C/C(C=Cc1ccccc1)=N\Nc1ccccc1. The standard InChI is InChI=1S/C16H16N2/c1-14(12-13-15-8-4-2-5-9-15)17-18-16-10-6-3-7-11-16/h2-13,18H,1H3/b13-12?,17-14+. The predicted octanol–water partition coefficient (Wildman–Crippen LogP) is 4.19. The summed E-state index contributed by atoms with van der Waals surface area (Å²) in [5, 5.41) is 4.29. The Hall–Kier alpha value is -2.35. The normalized spacial score (nSPS) is 11.7. The molecule has 0 saturated heterocycles. The molecule has 0 heterocycles. The van der Waals surface area contributed by atoms with Gasteiger partial charge in [-0.25, -0.2) is 0 Å². The monoisotopic (exact) mass is 236 g/mol. The quantitative estimate of drug-likeness (QED) is 0.624. The van der Waals surface area contributed by atoms with Gasteiger partial charge in [-0.3, -0.25) is 5.43 Å². The van der Waals surface area contributed by atoms with Gasteiger partial charge in [-0.1, -0.05) is 54.6 Å². The fraction of sp³-hybridized carbons (Fsp3) is 0.0625. The first-order valence-corrected chi connectivity index (χ1v) is 5.93. The van der Waals surface area contributed by atoms with Crippen LogP contribution in [0, 0.1) is 0 Å². The van der Waals surface area contributed by atoms with Gasteiger partial charge in [0.2, 0.25) is 0 Å². The molecule has 18 heavy (non-hydrogen) atoms. The van der Waals surface area contributed by atoms with Gasteiger partial charge in [0.15, 0.2) is 0 Å². The van der Waals surface area contributed by atoms with E-state index in [-0.39, 0.29) is 0 Å². The Morgan fingerprint density at radius 3 is 2.22 bits per heavy atom. The van der Waals surface area contributed by atoms with Gasteiger partial charge in [0.25, 0.3) is 0 Å². The van der Waals surface area contributed by atoms with Crippen LogP contribution in [0.4, 0.5) is 5.69 Å². The topological polar surface area (TPSA) is 24.4 Å². The van der Waals surface area contributed by atoms with Crippen LogP contribution in [0.3, 0.4) is 0 Å². The second kappa shape index (κ2) is 6.40. The highest BCUT2D eigenvalue weighted by atomic mass is 15.3. The number of nitrogens with one attached hydrogen (secondary N) is 1. The first-order valence-electron chi connectivity index (χ1n) is 5.93. The van der Waals surface area contributed by atoms with Crippen LogP contribution in [0.25, 0.3) is 6.08 Å². The van der Waals surface area contributed by atoms with Crippen LogP contribution in [-0.4, -0.2) is 5.71 Å². The maximum Gasteiger partial charge on any atom is 0.0576 e. The molecule has 0 bridgehead atoms. The van der Waals surface area contributed by atoms with E-state index in [1.165, 1.54) is 5.56 Å². The van der Waals surface area contributed by atoms with Crippen molar-refractivity contribution in [3.8, 4) is 0 Å². The lowest BCUT2D eigenvalue weighted by molar-refractivity contribution is 1.33. The smallest absolute Gasteiger partial charge is 0.0576 e. The molecule has 90 valence electrons. The molecule has 0 unspecified atom stereocenters. The Balaban J connectivity index is 1.96. The van der Waals surface area contributed by atoms with E-state index in [9.17, 15) is 0 Å². The number of para-hydroxylation sites is 1. The summed E-state index contributed by atoms with van der Waals surface area (Å²) < 4.78 is 0. The fourth-order valence-corrected chi connectivity index (χ4v) is 1.48. The molecule has 2 nitrogen and oxygen atoms in total. The van der Waals surface area contributed by atoms with Gasteiger partial charge >= 0.3 is 0 Å². The zero-order chi connectivity index (χ0) is 12.6. The van der Waals surface area contributed by atoms with Crippen LogP contribution in [0.1, 0.15) is 12.5 Å². The minimum atomic E-state index is 0.933. The Kier molecular flexibility index (Phi) is 4.31. The summed E-state index contributed by atoms with van der Waals surface area (Å²) in [6.07, 6.45) is 4.04. The summed E-state index contributed by atoms with van der Waals surface area (Å²) in [6, 6.07) is 20.1. The van der Waals surface area contributed by atoms with Crippen LogP contribution in [0.15, 0.2) is 71.8 Å². The van der Waals surface area contributed by atoms with Crippen molar-refractivity contribution >= 4 is 17.5 Å². The largest absolute Gasteiger partial charge is 0.278 e. The van der Waals surface area contributed by atoms with Crippen molar-refractivity contribution in [3.63, 3.8) is 0 Å². The van der Waals surface area contributed by atoms with Crippen LogP contribution < -0.4 is 5.43 Å². The summed E-state index contributed by atoms with van der Waals surface area (Å²) in [5.41, 5.74) is 6.11. The number of rotatable bonds is 4. The van der Waals surface area contributed by atoms with Gasteiger partial charge in [-0.2, -0.15) is 5.10 Å². The highest BCUT2D eigenvalue weighted by Gasteiger charge is 1.88. The molecule has 0 fully saturated rings. The molecule has 0 aliphatic heterocycles. The molecule has 2 heteroatoms. The number of benzene rings is 2. The molecule has 0 radical (unpaired) electrons. The lowest BCUT2D eigenvalue weighted by Crippen LogP contribution is -1.93. The lowest BCUT2D eigenvalue weighted by Gasteiger charge is -1.99. The maximum absolute atomic E-state index is 4.29. The molecule has 0 aliphatic rings. The second-order valence-electron chi connectivity index (χ2n) is 3.98. The number of hydrogen-bond acceptors (Lipinski definition) is 2.